The van der Waals surface area contributed by atoms with Crippen LogP contribution >= 0.6 is 11.6 Å². The molecular weight excluding hydrogens is 310 g/mol. The quantitative estimate of drug-likeness (QED) is 0.758. The van der Waals surface area contributed by atoms with E-state index in [9.17, 15) is 19.2 Å². The lowest BCUT2D eigenvalue weighted by atomic mass is 10.0. The van der Waals surface area contributed by atoms with Crippen LogP contribution in [0.4, 0.5) is 0 Å². The first-order valence-electron chi connectivity index (χ1n) is 6.66. The van der Waals surface area contributed by atoms with Crippen molar-refractivity contribution in [1.29, 1.82) is 0 Å². The zero-order chi connectivity index (χ0) is 16.0. The lowest BCUT2D eigenvalue weighted by Crippen LogP contribution is -2.52. The fourth-order valence-corrected chi connectivity index (χ4v) is 3.12. The molecule has 4 amide bonds. The van der Waals surface area contributed by atoms with Gasteiger partial charge in [-0.25, -0.2) is 0 Å². The normalized spacial score (nSPS) is 20.9. The summed E-state index contributed by atoms with van der Waals surface area (Å²) in [7, 11) is 0. The third kappa shape index (κ3) is 2.14. The summed E-state index contributed by atoms with van der Waals surface area (Å²) in [5.41, 5.74) is 6.01. The van der Waals surface area contributed by atoms with Crippen LogP contribution in [-0.2, 0) is 16.1 Å². The molecule has 22 heavy (non-hydrogen) atoms. The molecule has 2 aliphatic rings. The Morgan fingerprint density at radius 1 is 1.32 bits per heavy atom. The number of nitrogens with zero attached hydrogens (tertiary/aromatic N) is 1. The van der Waals surface area contributed by atoms with E-state index in [0.717, 1.165) is 0 Å². The van der Waals surface area contributed by atoms with Crippen molar-refractivity contribution in [1.82, 2.24) is 10.2 Å². The molecule has 0 saturated carbocycles. The number of rotatable bonds is 2. The summed E-state index contributed by atoms with van der Waals surface area (Å²) >= 11 is 5.95. The van der Waals surface area contributed by atoms with Gasteiger partial charge in [0.1, 0.15) is 6.04 Å². The van der Waals surface area contributed by atoms with Crippen LogP contribution < -0.4 is 11.1 Å². The van der Waals surface area contributed by atoms with E-state index in [-0.39, 0.29) is 41.4 Å². The van der Waals surface area contributed by atoms with E-state index in [1.807, 2.05) is 0 Å². The highest BCUT2D eigenvalue weighted by atomic mass is 35.5. The maximum atomic E-state index is 12.6. The number of halogens is 1. The first-order valence-corrected chi connectivity index (χ1v) is 7.03. The summed E-state index contributed by atoms with van der Waals surface area (Å²) in [6.07, 6.45) is 0.421. The average Bonchev–Trinajstić information content (AvgIpc) is 2.76. The maximum absolute atomic E-state index is 12.6. The van der Waals surface area contributed by atoms with Crippen molar-refractivity contribution in [2.45, 2.75) is 25.4 Å². The summed E-state index contributed by atoms with van der Waals surface area (Å²) in [5.74, 6) is -2.13. The van der Waals surface area contributed by atoms with E-state index in [0.29, 0.717) is 5.56 Å². The Labute approximate surface area is 130 Å². The van der Waals surface area contributed by atoms with Crippen molar-refractivity contribution in [3.05, 3.63) is 33.8 Å². The lowest BCUT2D eigenvalue weighted by Gasteiger charge is -2.29. The van der Waals surface area contributed by atoms with Gasteiger partial charge in [-0.15, -0.1) is 0 Å². The minimum Gasteiger partial charge on any atom is -0.366 e. The Bertz CT molecular complexity index is 731. The first-order chi connectivity index (χ1) is 10.4. The number of nitrogens with two attached hydrogens (primary N) is 1. The number of primary amides is 1. The Morgan fingerprint density at radius 2 is 2.05 bits per heavy atom. The molecule has 8 heteroatoms. The molecule has 0 spiro atoms. The summed E-state index contributed by atoms with van der Waals surface area (Å²) < 4.78 is 0. The molecule has 0 radical (unpaired) electrons. The lowest BCUT2D eigenvalue weighted by molar-refractivity contribution is -0.136. The average molecular weight is 322 g/mol. The summed E-state index contributed by atoms with van der Waals surface area (Å²) in [5, 5.41) is 2.31. The third-order valence-electron chi connectivity index (χ3n) is 3.89. The van der Waals surface area contributed by atoms with Crippen LogP contribution in [0.5, 0.6) is 0 Å². The van der Waals surface area contributed by atoms with Gasteiger partial charge in [-0.2, -0.15) is 0 Å². The smallest absolute Gasteiger partial charge is 0.256 e. The van der Waals surface area contributed by atoms with Crippen molar-refractivity contribution < 1.29 is 19.2 Å². The van der Waals surface area contributed by atoms with E-state index >= 15 is 0 Å². The van der Waals surface area contributed by atoms with Gasteiger partial charge in [-0.1, -0.05) is 17.7 Å². The zero-order valence-electron chi connectivity index (χ0n) is 11.4. The standard InChI is InChI=1S/C14H12ClN3O4/c15-7-2-1-6-5-18(8-3-4-9(19)17-13(8)21)14(22)10(6)11(7)12(16)20/h1-2,8H,3-5H2,(H2,16,20)(H,17,19,21). The number of benzene rings is 1. The SMILES string of the molecule is NC(=O)c1c(Cl)ccc2c1C(=O)N(C1CCC(=O)NC1=O)C2. The molecule has 1 aromatic carbocycles. The first kappa shape index (κ1) is 14.5. The molecule has 2 heterocycles. The molecule has 1 unspecified atom stereocenters. The number of carbonyl (C=O) groups is 4. The summed E-state index contributed by atoms with van der Waals surface area (Å²) in [4.78, 5) is 48.6. The molecule has 1 atom stereocenters. The Hall–Kier alpha value is -2.41. The highest BCUT2D eigenvalue weighted by molar-refractivity contribution is 6.35. The number of piperidine rings is 1. The van der Waals surface area contributed by atoms with Crippen LogP contribution in [-0.4, -0.2) is 34.6 Å². The van der Waals surface area contributed by atoms with Gasteiger partial charge < -0.3 is 10.6 Å². The van der Waals surface area contributed by atoms with E-state index < -0.39 is 23.8 Å². The van der Waals surface area contributed by atoms with Crippen molar-refractivity contribution in [2.75, 3.05) is 0 Å². The monoisotopic (exact) mass is 321 g/mol. The number of amides is 4. The Morgan fingerprint density at radius 3 is 2.68 bits per heavy atom. The zero-order valence-corrected chi connectivity index (χ0v) is 12.1. The third-order valence-corrected chi connectivity index (χ3v) is 4.20. The van der Waals surface area contributed by atoms with Crippen molar-refractivity contribution in [3.63, 3.8) is 0 Å². The molecule has 0 bridgehead atoms. The van der Waals surface area contributed by atoms with Gasteiger partial charge in [0.25, 0.3) is 11.8 Å². The fourth-order valence-electron chi connectivity index (χ4n) is 2.87. The molecule has 1 aromatic rings. The second kappa shape index (κ2) is 5.10. The van der Waals surface area contributed by atoms with Gasteiger partial charge >= 0.3 is 0 Å². The van der Waals surface area contributed by atoms with Crippen LogP contribution in [0.15, 0.2) is 12.1 Å². The molecule has 114 valence electrons. The number of imide groups is 1. The number of hydrogen-bond donors (Lipinski definition) is 2. The van der Waals surface area contributed by atoms with Gasteiger partial charge in [-0.05, 0) is 18.1 Å². The highest BCUT2D eigenvalue weighted by Gasteiger charge is 2.41. The van der Waals surface area contributed by atoms with E-state index in [1.165, 1.54) is 11.0 Å². The van der Waals surface area contributed by atoms with Gasteiger partial charge in [0, 0.05) is 13.0 Å². The number of hydrogen-bond acceptors (Lipinski definition) is 4. The predicted molar refractivity (Wildman–Crippen MR) is 76.0 cm³/mol. The highest BCUT2D eigenvalue weighted by Crippen LogP contribution is 2.32. The van der Waals surface area contributed by atoms with Crippen LogP contribution in [0.25, 0.3) is 0 Å². The molecule has 1 fully saturated rings. The van der Waals surface area contributed by atoms with E-state index in [2.05, 4.69) is 5.32 Å². The molecular formula is C14H12ClN3O4. The topological polar surface area (TPSA) is 110 Å². The minimum absolute atomic E-state index is 0.0287. The molecule has 1 saturated heterocycles. The maximum Gasteiger partial charge on any atom is 0.256 e. The van der Waals surface area contributed by atoms with Gasteiger partial charge in [0.2, 0.25) is 11.8 Å². The van der Waals surface area contributed by atoms with Crippen LogP contribution in [0.2, 0.25) is 5.02 Å². The van der Waals surface area contributed by atoms with Crippen molar-refractivity contribution in [3.8, 4) is 0 Å². The Kier molecular flexibility index (Phi) is 3.37. The van der Waals surface area contributed by atoms with Gasteiger partial charge in [0.15, 0.2) is 0 Å². The second-order valence-corrected chi connectivity index (χ2v) is 5.63. The predicted octanol–water partition coefficient (Wildman–Crippen LogP) is 0.200. The van der Waals surface area contributed by atoms with Gasteiger partial charge in [0.05, 0.1) is 16.1 Å². The van der Waals surface area contributed by atoms with Crippen molar-refractivity contribution >= 4 is 35.2 Å². The van der Waals surface area contributed by atoms with Gasteiger partial charge in [-0.3, -0.25) is 24.5 Å². The number of nitrogens with one attached hydrogen (secondary N) is 1. The largest absolute Gasteiger partial charge is 0.366 e. The molecule has 3 N–H and O–H groups in total. The summed E-state index contributed by atoms with van der Waals surface area (Å²) in [6.45, 7) is 0.178. The van der Waals surface area contributed by atoms with Crippen LogP contribution in [0.3, 0.4) is 0 Å². The number of fused-ring (bicyclic) bond motifs is 1. The molecule has 7 nitrogen and oxygen atoms in total. The Balaban J connectivity index is 1.98. The molecule has 0 aromatic heterocycles. The van der Waals surface area contributed by atoms with E-state index in [4.69, 9.17) is 17.3 Å². The molecule has 0 aliphatic carbocycles. The van der Waals surface area contributed by atoms with Crippen LogP contribution in [0, 0.1) is 0 Å². The fraction of sp³-hybridized carbons (Fsp3) is 0.286. The van der Waals surface area contributed by atoms with E-state index in [1.54, 1.807) is 6.07 Å². The van der Waals surface area contributed by atoms with Crippen molar-refractivity contribution in [2.24, 2.45) is 5.73 Å². The molecule has 2 aliphatic heterocycles. The van der Waals surface area contributed by atoms with Crippen LogP contribution in [0.1, 0.15) is 39.1 Å². The second-order valence-electron chi connectivity index (χ2n) is 5.22. The minimum atomic E-state index is -0.791. The number of carbonyl (C=O) groups excluding carboxylic acids is 4. The summed E-state index contributed by atoms with van der Waals surface area (Å²) in [6, 6.07) is 2.40. The molecule has 3 rings (SSSR count).